The zero-order valence-corrected chi connectivity index (χ0v) is 29.6. The predicted molar refractivity (Wildman–Crippen MR) is 195 cm³/mol. The number of hydrogen-bond donors (Lipinski definition) is 2. The standard InChI is InChI=1S/C40H42N4O3S/c1-8-26-21(3)31-17-35-29(19-48-25-11-9-20(2)10-12-25)23(5)30(42-35)16-32-22(4)27(13-14-37(46)47-7)39(43-32)28-15-36(45)38-24(6)33(44-40(28)38)18-34(26)41-31/h9-12,16-18,22,27,43,45H,8,13-15,19H2,1-7H3/t22-,27-/m0/s1. The number of carbonyl (C=O) groups excluding carboxylic acids is 1. The number of aliphatic imine (C=N–C) groups is 3. The summed E-state index contributed by atoms with van der Waals surface area (Å²) in [6.45, 7) is 12.8. The van der Waals surface area contributed by atoms with Gasteiger partial charge in [-0.3, -0.25) is 4.79 Å². The van der Waals surface area contributed by atoms with E-state index in [1.54, 1.807) is 0 Å². The number of nitrogens with zero attached hydrogens (tertiary/aromatic N) is 3. The van der Waals surface area contributed by atoms with E-state index < -0.39 is 0 Å². The Balaban J connectivity index is 1.40. The molecule has 5 heterocycles. The van der Waals surface area contributed by atoms with Crippen molar-refractivity contribution in [2.45, 2.75) is 72.1 Å². The molecule has 2 N–H and O–H groups in total. The Hall–Kier alpha value is -4.43. The van der Waals surface area contributed by atoms with Gasteiger partial charge in [-0.05, 0) is 98.8 Å². The molecule has 246 valence electrons. The number of aliphatic hydroxyl groups is 1. The molecule has 0 unspecified atom stereocenters. The Morgan fingerprint density at radius 1 is 0.958 bits per heavy atom. The van der Waals surface area contributed by atoms with Crippen LogP contribution < -0.4 is 5.32 Å². The van der Waals surface area contributed by atoms with Gasteiger partial charge in [-0.15, -0.1) is 11.8 Å². The SMILES string of the molecule is CCC1=C(C)C2=NC1=CC1=C(C)C3=C(O)CC(=C4NC(=CC5=NC(=C2)C(CSc2ccc(C)cc2)=C5C)[C@@H](C)[C@@H]4CCC(=O)OC)C3=N1. The number of benzene rings is 1. The Kier molecular flexibility index (Phi) is 8.40. The number of thioether (sulfide) groups is 1. The van der Waals surface area contributed by atoms with Crippen molar-refractivity contribution in [2.75, 3.05) is 12.9 Å². The van der Waals surface area contributed by atoms with E-state index in [0.29, 0.717) is 25.0 Å². The average Bonchev–Trinajstić information content (AvgIpc) is 3.82. The molecule has 1 aliphatic carbocycles. The van der Waals surface area contributed by atoms with Gasteiger partial charge in [0.15, 0.2) is 0 Å². The maximum absolute atomic E-state index is 12.3. The van der Waals surface area contributed by atoms with E-state index in [9.17, 15) is 9.90 Å². The molecule has 1 saturated heterocycles. The summed E-state index contributed by atoms with van der Waals surface area (Å²) >= 11 is 1.82. The lowest BCUT2D eigenvalue weighted by Gasteiger charge is -2.17. The van der Waals surface area contributed by atoms with Crippen molar-refractivity contribution < 1.29 is 14.6 Å². The van der Waals surface area contributed by atoms with Gasteiger partial charge >= 0.3 is 5.97 Å². The van der Waals surface area contributed by atoms with Crippen LogP contribution in [-0.2, 0) is 9.53 Å². The largest absolute Gasteiger partial charge is 0.511 e. The Morgan fingerprint density at radius 3 is 2.35 bits per heavy atom. The van der Waals surface area contributed by atoms with E-state index in [1.165, 1.54) is 28.7 Å². The highest BCUT2D eigenvalue weighted by molar-refractivity contribution is 7.99. The van der Waals surface area contributed by atoms with Crippen LogP contribution in [0.3, 0.4) is 0 Å². The molecule has 0 radical (unpaired) electrons. The first-order valence-electron chi connectivity index (χ1n) is 16.8. The molecule has 0 aromatic heterocycles. The van der Waals surface area contributed by atoms with Crippen LogP contribution in [0.15, 0.2) is 136 Å². The van der Waals surface area contributed by atoms with Gasteiger partial charge in [-0.25, -0.2) is 15.0 Å². The molecule has 5 aliphatic heterocycles. The van der Waals surface area contributed by atoms with Gasteiger partial charge in [-0.1, -0.05) is 31.5 Å². The maximum Gasteiger partial charge on any atom is 0.305 e. The highest BCUT2D eigenvalue weighted by Gasteiger charge is 2.41. The third-order valence-corrected chi connectivity index (χ3v) is 11.5. The number of methoxy groups -OCH3 is 1. The fraction of sp³-hybridized carbons (Fsp3) is 0.350. The van der Waals surface area contributed by atoms with Crippen molar-refractivity contribution in [3.8, 4) is 0 Å². The monoisotopic (exact) mass is 658 g/mol. The quantitative estimate of drug-likeness (QED) is 0.226. The second-order valence-electron chi connectivity index (χ2n) is 13.3. The van der Waals surface area contributed by atoms with Gasteiger partial charge in [0.25, 0.3) is 0 Å². The van der Waals surface area contributed by atoms with Gasteiger partial charge in [0, 0.05) is 57.9 Å². The molecule has 1 aromatic rings. The van der Waals surface area contributed by atoms with Crippen LogP contribution in [0.25, 0.3) is 0 Å². The predicted octanol–water partition coefficient (Wildman–Crippen LogP) is 8.71. The smallest absolute Gasteiger partial charge is 0.305 e. The lowest BCUT2D eigenvalue weighted by Crippen LogP contribution is -2.16. The van der Waals surface area contributed by atoms with Gasteiger partial charge in [0.2, 0.25) is 0 Å². The number of carbonyl (C=O) groups is 1. The number of aryl methyl sites for hydroxylation is 1. The molecule has 1 aromatic carbocycles. The molecular weight excluding hydrogens is 617 g/mol. The number of rotatable bonds is 7. The molecule has 48 heavy (non-hydrogen) atoms. The zero-order valence-electron chi connectivity index (χ0n) is 28.7. The summed E-state index contributed by atoms with van der Waals surface area (Å²) in [5.41, 5.74) is 16.1. The minimum Gasteiger partial charge on any atom is -0.511 e. The molecule has 0 spiro atoms. The van der Waals surface area contributed by atoms with E-state index >= 15 is 0 Å². The minimum atomic E-state index is -0.226. The van der Waals surface area contributed by atoms with Crippen molar-refractivity contribution in [1.82, 2.24) is 5.32 Å². The van der Waals surface area contributed by atoms with Crippen LogP contribution in [0.4, 0.5) is 0 Å². The van der Waals surface area contributed by atoms with Crippen LogP contribution >= 0.6 is 11.8 Å². The third-order valence-electron chi connectivity index (χ3n) is 10.5. The van der Waals surface area contributed by atoms with Gasteiger partial charge in [0.1, 0.15) is 5.76 Å². The van der Waals surface area contributed by atoms with E-state index in [1.807, 2.05) is 18.7 Å². The van der Waals surface area contributed by atoms with Crippen molar-refractivity contribution in [3.63, 3.8) is 0 Å². The average molecular weight is 659 g/mol. The van der Waals surface area contributed by atoms with E-state index in [0.717, 1.165) is 85.7 Å². The molecule has 1 fully saturated rings. The summed E-state index contributed by atoms with van der Waals surface area (Å²) < 4.78 is 5.03. The van der Waals surface area contributed by atoms with Gasteiger partial charge in [-0.2, -0.15) is 0 Å². The number of fused-ring (bicyclic) bond motifs is 5. The fourth-order valence-electron chi connectivity index (χ4n) is 7.51. The molecule has 2 atom stereocenters. The van der Waals surface area contributed by atoms with Crippen molar-refractivity contribution in [1.29, 1.82) is 0 Å². The first kappa shape index (κ1) is 32.1. The van der Waals surface area contributed by atoms with Crippen molar-refractivity contribution in [2.24, 2.45) is 26.8 Å². The van der Waals surface area contributed by atoms with Crippen molar-refractivity contribution in [3.05, 3.63) is 121 Å². The van der Waals surface area contributed by atoms with Crippen molar-refractivity contribution >= 4 is 34.9 Å². The van der Waals surface area contributed by atoms with Crippen LogP contribution in [0.2, 0.25) is 0 Å². The maximum atomic E-state index is 12.3. The van der Waals surface area contributed by atoms with Gasteiger partial charge in [0.05, 0.1) is 41.3 Å². The third kappa shape index (κ3) is 5.50. The van der Waals surface area contributed by atoms with E-state index in [-0.39, 0.29) is 17.8 Å². The molecule has 8 bridgehead atoms. The second-order valence-corrected chi connectivity index (χ2v) is 14.4. The summed E-state index contributed by atoms with van der Waals surface area (Å²) in [6, 6.07) is 8.67. The minimum absolute atomic E-state index is 0.0234. The van der Waals surface area contributed by atoms with Crippen LogP contribution in [-0.4, -0.2) is 41.1 Å². The van der Waals surface area contributed by atoms with Gasteiger partial charge < -0.3 is 15.2 Å². The number of hydrogen-bond acceptors (Lipinski definition) is 8. The Bertz CT molecular complexity index is 2010. The van der Waals surface area contributed by atoms with E-state index in [4.69, 9.17) is 19.7 Å². The molecule has 0 saturated carbocycles. The summed E-state index contributed by atoms with van der Waals surface area (Å²) in [4.78, 5) is 29.1. The fourth-order valence-corrected chi connectivity index (χ4v) is 8.51. The summed E-state index contributed by atoms with van der Waals surface area (Å²) in [6.07, 6.45) is 8.58. The number of aliphatic hydroxyl groups excluding tert-OH is 1. The summed E-state index contributed by atoms with van der Waals surface area (Å²) in [5, 5.41) is 15.1. The number of ether oxygens (including phenoxy) is 1. The van der Waals surface area contributed by atoms with Crippen LogP contribution in [0, 0.1) is 18.8 Å². The molecule has 8 heteroatoms. The number of nitrogens with one attached hydrogen (secondary N) is 1. The first-order valence-corrected chi connectivity index (χ1v) is 17.8. The Morgan fingerprint density at radius 2 is 1.65 bits per heavy atom. The topological polar surface area (TPSA) is 95.6 Å². The molecule has 7 rings (SSSR count). The lowest BCUT2D eigenvalue weighted by molar-refractivity contribution is -0.140. The first-order chi connectivity index (χ1) is 23.1. The normalized spacial score (nSPS) is 23.1. The lowest BCUT2D eigenvalue weighted by atomic mass is 9.86. The second kappa shape index (κ2) is 12.5. The molecule has 0 amide bonds. The summed E-state index contributed by atoms with van der Waals surface area (Å²) in [5.74, 6) is 1.00. The Labute approximate surface area is 287 Å². The van der Waals surface area contributed by atoms with Crippen LogP contribution in [0.1, 0.15) is 65.9 Å². The summed E-state index contributed by atoms with van der Waals surface area (Å²) in [7, 11) is 1.43. The molecule has 6 aliphatic rings. The highest BCUT2D eigenvalue weighted by Crippen LogP contribution is 2.46. The number of allylic oxidation sites excluding steroid dienone is 12. The highest BCUT2D eigenvalue weighted by atomic mass is 32.2. The van der Waals surface area contributed by atoms with Crippen LogP contribution in [0.5, 0.6) is 0 Å². The number of esters is 1. The molecular formula is C40H42N4O3S. The molecule has 7 nitrogen and oxygen atoms in total. The van der Waals surface area contributed by atoms with E-state index in [2.05, 4.69) is 82.4 Å². The zero-order chi connectivity index (χ0) is 33.9.